The van der Waals surface area contributed by atoms with Gasteiger partial charge in [-0.05, 0) is 17.5 Å². The van der Waals surface area contributed by atoms with Crippen LogP contribution in [0.5, 0.6) is 0 Å². The van der Waals surface area contributed by atoms with E-state index < -0.39 is 5.91 Å². The van der Waals surface area contributed by atoms with E-state index in [4.69, 9.17) is 5.73 Å². The average molecular weight is 181 g/mol. The molecule has 0 aliphatic heterocycles. The number of halogens is 1. The van der Waals surface area contributed by atoms with Crippen molar-refractivity contribution in [2.75, 3.05) is 0 Å². The lowest BCUT2D eigenvalue weighted by Gasteiger charge is -2.09. The van der Waals surface area contributed by atoms with Gasteiger partial charge in [-0.1, -0.05) is 25.1 Å². The molecule has 0 aliphatic rings. The molecule has 2 N–H and O–H groups in total. The quantitative estimate of drug-likeness (QED) is 0.759. The Labute approximate surface area is 76.6 Å². The summed E-state index contributed by atoms with van der Waals surface area (Å²) in [4.78, 5) is 10.6. The van der Waals surface area contributed by atoms with E-state index >= 15 is 0 Å². The normalized spacial score (nSPS) is 12.5. The van der Waals surface area contributed by atoms with Crippen molar-refractivity contribution in [3.05, 3.63) is 35.6 Å². The Kier molecular flexibility index (Phi) is 3.01. The largest absolute Gasteiger partial charge is 0.370 e. The molecule has 1 atom stereocenters. The van der Waals surface area contributed by atoms with Crippen molar-refractivity contribution < 1.29 is 9.18 Å². The number of rotatable bonds is 3. The smallest absolute Gasteiger partial charge is 0.218 e. The lowest BCUT2D eigenvalue weighted by atomic mass is 9.97. The highest BCUT2D eigenvalue weighted by Crippen LogP contribution is 2.20. The van der Waals surface area contributed by atoms with Crippen LogP contribution in [0.4, 0.5) is 4.39 Å². The molecular weight excluding hydrogens is 169 g/mol. The van der Waals surface area contributed by atoms with Gasteiger partial charge >= 0.3 is 0 Å². The van der Waals surface area contributed by atoms with Gasteiger partial charge in [-0.15, -0.1) is 0 Å². The molecule has 0 bridgehead atoms. The van der Waals surface area contributed by atoms with E-state index in [9.17, 15) is 9.18 Å². The minimum Gasteiger partial charge on any atom is -0.370 e. The second kappa shape index (κ2) is 4.03. The van der Waals surface area contributed by atoms with Gasteiger partial charge in [-0.25, -0.2) is 4.39 Å². The first-order valence-corrected chi connectivity index (χ1v) is 4.14. The van der Waals surface area contributed by atoms with Crippen LogP contribution < -0.4 is 5.73 Å². The standard InChI is InChI=1S/C10H12FNO/c1-7(6-10(12)13)8-4-2-3-5-9(8)11/h2-5,7H,6H2,1H3,(H2,12,13). The molecule has 1 amide bonds. The molecule has 1 rings (SSSR count). The molecule has 2 nitrogen and oxygen atoms in total. The summed E-state index contributed by atoms with van der Waals surface area (Å²) in [6, 6.07) is 6.42. The van der Waals surface area contributed by atoms with Crippen molar-refractivity contribution in [1.82, 2.24) is 0 Å². The van der Waals surface area contributed by atoms with E-state index in [0.717, 1.165) is 0 Å². The van der Waals surface area contributed by atoms with E-state index in [1.807, 2.05) is 0 Å². The topological polar surface area (TPSA) is 43.1 Å². The van der Waals surface area contributed by atoms with Crippen LogP contribution in [0, 0.1) is 5.82 Å². The molecule has 13 heavy (non-hydrogen) atoms. The summed E-state index contributed by atoms with van der Waals surface area (Å²) >= 11 is 0. The number of amides is 1. The lowest BCUT2D eigenvalue weighted by molar-refractivity contribution is -0.118. The maximum atomic E-state index is 13.1. The van der Waals surface area contributed by atoms with Gasteiger partial charge in [-0.2, -0.15) is 0 Å². The van der Waals surface area contributed by atoms with Crippen LogP contribution in [0.15, 0.2) is 24.3 Å². The minimum atomic E-state index is -0.407. The van der Waals surface area contributed by atoms with Crippen LogP contribution in [0.1, 0.15) is 24.8 Å². The Balaban J connectivity index is 2.82. The number of carbonyl (C=O) groups is 1. The lowest BCUT2D eigenvalue weighted by Crippen LogP contribution is -2.14. The number of nitrogens with two attached hydrogens (primary N) is 1. The van der Waals surface area contributed by atoms with E-state index in [1.54, 1.807) is 25.1 Å². The molecule has 1 aromatic rings. The summed E-state index contributed by atoms with van der Waals surface area (Å²) in [7, 11) is 0. The van der Waals surface area contributed by atoms with E-state index in [1.165, 1.54) is 6.07 Å². The Morgan fingerprint density at radius 2 is 2.15 bits per heavy atom. The monoisotopic (exact) mass is 181 g/mol. The predicted octanol–water partition coefficient (Wildman–Crippen LogP) is 1.80. The van der Waals surface area contributed by atoms with Crippen molar-refractivity contribution in [1.29, 1.82) is 0 Å². The fraction of sp³-hybridized carbons (Fsp3) is 0.300. The summed E-state index contributed by atoms with van der Waals surface area (Å²) in [5, 5.41) is 0. The van der Waals surface area contributed by atoms with E-state index in [0.29, 0.717) is 5.56 Å². The highest BCUT2D eigenvalue weighted by atomic mass is 19.1. The minimum absolute atomic E-state index is 0.154. The van der Waals surface area contributed by atoms with Crippen molar-refractivity contribution in [3.63, 3.8) is 0 Å². The number of primary amides is 1. The second-order valence-electron chi connectivity index (χ2n) is 3.09. The predicted molar refractivity (Wildman–Crippen MR) is 48.6 cm³/mol. The van der Waals surface area contributed by atoms with Crippen molar-refractivity contribution >= 4 is 5.91 Å². The van der Waals surface area contributed by atoms with E-state index in [-0.39, 0.29) is 18.2 Å². The zero-order valence-electron chi connectivity index (χ0n) is 7.46. The summed E-state index contributed by atoms with van der Waals surface area (Å²) in [5.74, 6) is -0.842. The van der Waals surface area contributed by atoms with Crippen molar-refractivity contribution in [2.45, 2.75) is 19.3 Å². The molecule has 0 aromatic heterocycles. The van der Waals surface area contributed by atoms with Gasteiger partial charge in [0, 0.05) is 6.42 Å². The summed E-state index contributed by atoms with van der Waals surface area (Å²) < 4.78 is 13.1. The Morgan fingerprint density at radius 3 is 2.69 bits per heavy atom. The third-order valence-corrected chi connectivity index (χ3v) is 1.94. The van der Waals surface area contributed by atoms with Crippen LogP contribution in [0.25, 0.3) is 0 Å². The molecule has 0 spiro atoms. The molecule has 0 saturated heterocycles. The highest BCUT2D eigenvalue weighted by Gasteiger charge is 2.11. The van der Waals surface area contributed by atoms with Gasteiger partial charge in [0.25, 0.3) is 0 Å². The SMILES string of the molecule is CC(CC(N)=O)c1ccccc1F. The number of hydrogen-bond acceptors (Lipinski definition) is 1. The van der Waals surface area contributed by atoms with Crippen LogP contribution in [0.2, 0.25) is 0 Å². The van der Waals surface area contributed by atoms with Gasteiger partial charge in [-0.3, -0.25) is 4.79 Å². The molecule has 0 aliphatic carbocycles. The summed E-state index contributed by atoms with van der Waals surface area (Å²) in [5.41, 5.74) is 5.56. The zero-order valence-corrected chi connectivity index (χ0v) is 7.46. The molecular formula is C10H12FNO. The first-order valence-electron chi connectivity index (χ1n) is 4.14. The van der Waals surface area contributed by atoms with Crippen LogP contribution in [0.3, 0.4) is 0 Å². The summed E-state index contributed by atoms with van der Waals surface area (Å²) in [6.45, 7) is 1.78. The fourth-order valence-corrected chi connectivity index (χ4v) is 1.29. The molecule has 70 valence electrons. The number of hydrogen-bond donors (Lipinski definition) is 1. The molecule has 0 radical (unpaired) electrons. The van der Waals surface area contributed by atoms with E-state index in [2.05, 4.69) is 0 Å². The van der Waals surface area contributed by atoms with Gasteiger partial charge < -0.3 is 5.73 Å². The molecule has 0 fully saturated rings. The van der Waals surface area contributed by atoms with Crippen LogP contribution in [-0.4, -0.2) is 5.91 Å². The third kappa shape index (κ3) is 2.54. The molecule has 0 heterocycles. The average Bonchev–Trinajstić information content (AvgIpc) is 2.03. The first kappa shape index (κ1) is 9.71. The van der Waals surface area contributed by atoms with Crippen LogP contribution >= 0.6 is 0 Å². The Bertz CT molecular complexity index is 312. The summed E-state index contributed by atoms with van der Waals surface area (Å²) in [6.07, 6.45) is 0.181. The van der Waals surface area contributed by atoms with Gasteiger partial charge in [0.15, 0.2) is 0 Å². The van der Waals surface area contributed by atoms with Gasteiger partial charge in [0.05, 0.1) is 0 Å². The molecule has 1 aromatic carbocycles. The van der Waals surface area contributed by atoms with Crippen molar-refractivity contribution in [3.8, 4) is 0 Å². The Morgan fingerprint density at radius 1 is 1.54 bits per heavy atom. The Hall–Kier alpha value is -1.38. The van der Waals surface area contributed by atoms with Gasteiger partial charge in [0.2, 0.25) is 5.91 Å². The zero-order chi connectivity index (χ0) is 9.84. The molecule has 0 saturated carbocycles. The first-order chi connectivity index (χ1) is 6.11. The molecule has 3 heteroatoms. The highest BCUT2D eigenvalue weighted by molar-refractivity contribution is 5.74. The maximum absolute atomic E-state index is 13.1. The second-order valence-corrected chi connectivity index (χ2v) is 3.09. The fourth-order valence-electron chi connectivity index (χ4n) is 1.29. The molecule has 1 unspecified atom stereocenters. The third-order valence-electron chi connectivity index (χ3n) is 1.94. The van der Waals surface area contributed by atoms with Crippen molar-refractivity contribution in [2.24, 2.45) is 5.73 Å². The number of benzene rings is 1. The maximum Gasteiger partial charge on any atom is 0.218 e. The number of carbonyl (C=O) groups excluding carboxylic acids is 1. The van der Waals surface area contributed by atoms with Crippen LogP contribution in [-0.2, 0) is 4.79 Å². The van der Waals surface area contributed by atoms with Gasteiger partial charge in [0.1, 0.15) is 5.82 Å².